The van der Waals surface area contributed by atoms with Gasteiger partial charge in [-0.2, -0.15) is 5.10 Å². The molecular weight excluding hydrogens is 378 g/mol. The SMILES string of the molecule is COCCn1c(-c2cnn(-c3ccccc3)c2C)nc2cc(F)c(F)cc2c1=O. The Morgan fingerprint density at radius 2 is 1.83 bits per heavy atom. The molecule has 6 nitrogen and oxygen atoms in total. The fourth-order valence-electron chi connectivity index (χ4n) is 3.27. The van der Waals surface area contributed by atoms with Gasteiger partial charge in [-0.25, -0.2) is 18.4 Å². The maximum Gasteiger partial charge on any atom is 0.261 e. The van der Waals surface area contributed by atoms with Crippen LogP contribution in [0.5, 0.6) is 0 Å². The summed E-state index contributed by atoms with van der Waals surface area (Å²) in [7, 11) is 1.52. The highest BCUT2D eigenvalue weighted by Gasteiger charge is 2.19. The highest BCUT2D eigenvalue weighted by Crippen LogP contribution is 2.25. The van der Waals surface area contributed by atoms with Crippen LogP contribution in [0.25, 0.3) is 28.0 Å². The molecule has 0 saturated heterocycles. The van der Waals surface area contributed by atoms with Gasteiger partial charge < -0.3 is 4.74 Å². The van der Waals surface area contributed by atoms with Crippen LogP contribution in [0.1, 0.15) is 5.69 Å². The van der Waals surface area contributed by atoms with Crippen molar-refractivity contribution in [3.8, 4) is 17.1 Å². The molecule has 2 heterocycles. The molecule has 148 valence electrons. The quantitative estimate of drug-likeness (QED) is 0.518. The van der Waals surface area contributed by atoms with E-state index in [-0.39, 0.29) is 24.1 Å². The van der Waals surface area contributed by atoms with Gasteiger partial charge in [0.2, 0.25) is 0 Å². The first-order chi connectivity index (χ1) is 14.0. The zero-order valence-electron chi connectivity index (χ0n) is 15.9. The van der Waals surface area contributed by atoms with Crippen LogP contribution in [0.2, 0.25) is 0 Å². The molecule has 0 fully saturated rings. The summed E-state index contributed by atoms with van der Waals surface area (Å²) in [5.74, 6) is -1.82. The maximum absolute atomic E-state index is 13.8. The Hall–Kier alpha value is -3.39. The summed E-state index contributed by atoms with van der Waals surface area (Å²) in [4.78, 5) is 17.5. The Morgan fingerprint density at radius 3 is 2.55 bits per heavy atom. The first kappa shape index (κ1) is 18.9. The van der Waals surface area contributed by atoms with Crippen molar-refractivity contribution in [2.75, 3.05) is 13.7 Å². The molecule has 4 rings (SSSR count). The fraction of sp³-hybridized carbons (Fsp3) is 0.190. The van der Waals surface area contributed by atoms with Crippen LogP contribution in [0, 0.1) is 18.6 Å². The van der Waals surface area contributed by atoms with Crippen molar-refractivity contribution in [2.24, 2.45) is 0 Å². The van der Waals surface area contributed by atoms with Crippen LogP contribution in [0.3, 0.4) is 0 Å². The van der Waals surface area contributed by atoms with E-state index in [1.807, 2.05) is 37.3 Å². The fourth-order valence-corrected chi connectivity index (χ4v) is 3.27. The number of halogens is 2. The van der Waals surface area contributed by atoms with E-state index in [9.17, 15) is 13.6 Å². The molecule has 0 spiro atoms. The average molecular weight is 396 g/mol. The van der Waals surface area contributed by atoms with Crippen molar-refractivity contribution in [3.63, 3.8) is 0 Å². The number of rotatable bonds is 5. The smallest absolute Gasteiger partial charge is 0.261 e. The summed E-state index contributed by atoms with van der Waals surface area (Å²) in [6.07, 6.45) is 1.61. The number of benzene rings is 2. The Balaban J connectivity index is 1.96. The van der Waals surface area contributed by atoms with Gasteiger partial charge in [-0.1, -0.05) is 18.2 Å². The number of hydrogen-bond acceptors (Lipinski definition) is 4. The standard InChI is InChI=1S/C21H18F2N4O2/c1-13-16(12-24-27(13)14-6-4-3-5-7-14)20-25-19-11-18(23)17(22)10-15(19)21(28)26(20)8-9-29-2/h3-7,10-12H,8-9H2,1-2H3. The third-order valence-electron chi connectivity index (χ3n) is 4.77. The van der Waals surface area contributed by atoms with Crippen LogP contribution in [0.15, 0.2) is 53.5 Å². The van der Waals surface area contributed by atoms with Crippen LogP contribution < -0.4 is 5.56 Å². The lowest BCUT2D eigenvalue weighted by Crippen LogP contribution is -2.25. The Labute approximate surface area is 165 Å². The molecule has 29 heavy (non-hydrogen) atoms. The minimum Gasteiger partial charge on any atom is -0.383 e. The highest BCUT2D eigenvalue weighted by atomic mass is 19.2. The van der Waals surface area contributed by atoms with Gasteiger partial charge in [-0.3, -0.25) is 9.36 Å². The van der Waals surface area contributed by atoms with Crippen molar-refractivity contribution in [1.82, 2.24) is 19.3 Å². The molecule has 2 aromatic heterocycles. The lowest BCUT2D eigenvalue weighted by Gasteiger charge is -2.13. The molecule has 8 heteroatoms. The van der Waals surface area contributed by atoms with Gasteiger partial charge in [-0.15, -0.1) is 0 Å². The molecule has 0 amide bonds. The van der Waals surface area contributed by atoms with Crippen molar-refractivity contribution in [1.29, 1.82) is 0 Å². The Bertz CT molecular complexity index is 1250. The van der Waals surface area contributed by atoms with E-state index in [2.05, 4.69) is 10.1 Å². The lowest BCUT2D eigenvalue weighted by atomic mass is 10.2. The van der Waals surface area contributed by atoms with Gasteiger partial charge in [0.1, 0.15) is 5.82 Å². The second kappa shape index (κ2) is 7.56. The van der Waals surface area contributed by atoms with Gasteiger partial charge >= 0.3 is 0 Å². The van der Waals surface area contributed by atoms with Gasteiger partial charge in [-0.05, 0) is 25.1 Å². The van der Waals surface area contributed by atoms with Crippen molar-refractivity contribution in [3.05, 3.63) is 76.3 Å². The molecule has 0 unspecified atom stereocenters. The molecule has 0 saturated carbocycles. The van der Waals surface area contributed by atoms with E-state index in [1.54, 1.807) is 10.9 Å². The monoisotopic (exact) mass is 396 g/mol. The minimum atomic E-state index is -1.09. The number of fused-ring (bicyclic) bond motifs is 1. The topological polar surface area (TPSA) is 61.9 Å². The second-order valence-corrected chi connectivity index (χ2v) is 6.56. The molecule has 4 aromatic rings. The van der Waals surface area contributed by atoms with Crippen molar-refractivity contribution in [2.45, 2.75) is 13.5 Å². The number of ether oxygens (including phenoxy) is 1. The molecule has 0 aliphatic heterocycles. The van der Waals surface area contributed by atoms with Crippen molar-refractivity contribution >= 4 is 10.9 Å². The summed E-state index contributed by atoms with van der Waals surface area (Å²) in [5.41, 5.74) is 1.86. The summed E-state index contributed by atoms with van der Waals surface area (Å²) >= 11 is 0. The molecule has 0 atom stereocenters. The molecule has 0 radical (unpaired) electrons. The predicted molar refractivity (Wildman–Crippen MR) is 105 cm³/mol. The summed E-state index contributed by atoms with van der Waals surface area (Å²) in [6.45, 7) is 2.33. The molecule has 0 aliphatic rings. The maximum atomic E-state index is 13.8. The third kappa shape index (κ3) is 3.31. The zero-order chi connectivity index (χ0) is 20.5. The van der Waals surface area contributed by atoms with E-state index in [1.165, 1.54) is 11.7 Å². The average Bonchev–Trinajstić information content (AvgIpc) is 3.10. The molecular formula is C21H18F2N4O2. The van der Waals surface area contributed by atoms with E-state index < -0.39 is 17.2 Å². The summed E-state index contributed by atoms with van der Waals surface area (Å²) in [6, 6.07) is 11.3. The van der Waals surface area contributed by atoms with E-state index in [0.29, 0.717) is 11.4 Å². The van der Waals surface area contributed by atoms with Gasteiger partial charge in [0, 0.05) is 13.2 Å². The number of nitrogens with zero attached hydrogens (tertiary/aromatic N) is 4. The predicted octanol–water partition coefficient (Wildman–Crippen LogP) is 3.48. The first-order valence-corrected chi connectivity index (χ1v) is 9.00. The Morgan fingerprint density at radius 1 is 1.10 bits per heavy atom. The van der Waals surface area contributed by atoms with E-state index in [4.69, 9.17) is 4.74 Å². The van der Waals surface area contributed by atoms with Crippen LogP contribution in [-0.2, 0) is 11.3 Å². The lowest BCUT2D eigenvalue weighted by molar-refractivity contribution is 0.186. The summed E-state index contributed by atoms with van der Waals surface area (Å²) < 4.78 is 35.7. The number of methoxy groups -OCH3 is 1. The van der Waals surface area contributed by atoms with Crippen LogP contribution in [-0.4, -0.2) is 33.0 Å². The number of aromatic nitrogens is 4. The zero-order valence-corrected chi connectivity index (χ0v) is 15.9. The van der Waals surface area contributed by atoms with Crippen molar-refractivity contribution < 1.29 is 13.5 Å². The normalized spacial score (nSPS) is 11.3. The molecule has 0 bridgehead atoms. The minimum absolute atomic E-state index is 0.0110. The van der Waals surface area contributed by atoms with Gasteiger partial charge in [0.25, 0.3) is 5.56 Å². The number of hydrogen-bond donors (Lipinski definition) is 0. The largest absolute Gasteiger partial charge is 0.383 e. The van der Waals surface area contributed by atoms with Crippen LogP contribution in [0.4, 0.5) is 8.78 Å². The first-order valence-electron chi connectivity index (χ1n) is 9.00. The second-order valence-electron chi connectivity index (χ2n) is 6.56. The van der Waals surface area contributed by atoms with Gasteiger partial charge in [0.15, 0.2) is 11.6 Å². The Kier molecular flexibility index (Phi) is 4.94. The molecule has 0 N–H and O–H groups in total. The number of para-hydroxylation sites is 1. The molecule has 2 aromatic carbocycles. The van der Waals surface area contributed by atoms with E-state index >= 15 is 0 Å². The van der Waals surface area contributed by atoms with E-state index in [0.717, 1.165) is 23.5 Å². The molecule has 0 aliphatic carbocycles. The van der Waals surface area contributed by atoms with Crippen LogP contribution >= 0.6 is 0 Å². The highest BCUT2D eigenvalue weighted by molar-refractivity contribution is 5.80. The van der Waals surface area contributed by atoms with Gasteiger partial charge in [0.05, 0.1) is 47.2 Å². The summed E-state index contributed by atoms with van der Waals surface area (Å²) in [5, 5.41) is 4.43. The third-order valence-corrected chi connectivity index (χ3v) is 4.77.